The van der Waals surface area contributed by atoms with Gasteiger partial charge >= 0.3 is 6.09 Å². The average molecular weight is 248 g/mol. The Kier molecular flexibility index (Phi) is 2.89. The minimum absolute atomic E-state index is 0.398. The van der Waals surface area contributed by atoms with Crippen LogP contribution in [0.1, 0.15) is 26.3 Å². The molecule has 1 radical (unpaired) electrons. The molecule has 0 spiro atoms. The number of carbonyl (C=O) groups excluding carboxylic acids is 1. The maximum atomic E-state index is 13.2. The fourth-order valence-electron chi connectivity index (χ4n) is 1.73. The van der Waals surface area contributed by atoms with E-state index < -0.39 is 17.5 Å². The van der Waals surface area contributed by atoms with E-state index in [4.69, 9.17) is 4.74 Å². The zero-order valence-corrected chi connectivity index (χ0v) is 10.7. The lowest BCUT2D eigenvalue weighted by Crippen LogP contribution is -2.26. The first-order valence-corrected chi connectivity index (χ1v) is 5.64. The Balaban J connectivity index is 2.51. The number of ether oxygens (including phenoxy) is 1. The molecule has 0 N–H and O–H groups in total. The maximum Gasteiger partial charge on any atom is 0.419 e. The number of halogens is 1. The van der Waals surface area contributed by atoms with E-state index in [9.17, 15) is 9.18 Å². The van der Waals surface area contributed by atoms with Gasteiger partial charge in [-0.15, -0.1) is 0 Å². The van der Waals surface area contributed by atoms with Crippen molar-refractivity contribution in [3.05, 3.63) is 42.7 Å². The molecule has 0 aliphatic carbocycles. The molecule has 0 bridgehead atoms. The van der Waals surface area contributed by atoms with Gasteiger partial charge in [0.25, 0.3) is 0 Å². The second kappa shape index (κ2) is 4.12. The van der Waals surface area contributed by atoms with Crippen LogP contribution < -0.4 is 0 Å². The third-order valence-corrected chi connectivity index (χ3v) is 2.44. The highest BCUT2D eigenvalue weighted by molar-refractivity contribution is 5.92. The second-order valence-corrected chi connectivity index (χ2v) is 5.17. The Morgan fingerprint density at radius 3 is 2.67 bits per heavy atom. The van der Waals surface area contributed by atoms with Crippen LogP contribution >= 0.6 is 0 Å². The lowest BCUT2D eigenvalue weighted by Gasteiger charge is -2.19. The van der Waals surface area contributed by atoms with Gasteiger partial charge in [0.15, 0.2) is 0 Å². The molecule has 18 heavy (non-hydrogen) atoms. The van der Waals surface area contributed by atoms with Crippen LogP contribution in [0, 0.1) is 12.7 Å². The molecule has 0 aliphatic rings. The monoisotopic (exact) mass is 248 g/mol. The van der Waals surface area contributed by atoms with Crippen molar-refractivity contribution < 1.29 is 13.9 Å². The van der Waals surface area contributed by atoms with Gasteiger partial charge < -0.3 is 4.74 Å². The molecule has 0 saturated carbocycles. The lowest BCUT2D eigenvalue weighted by atomic mass is 10.2. The zero-order valence-electron chi connectivity index (χ0n) is 10.7. The molecule has 0 unspecified atom stereocenters. The number of aromatic nitrogens is 1. The van der Waals surface area contributed by atoms with Gasteiger partial charge in [0.2, 0.25) is 0 Å². The maximum absolute atomic E-state index is 13.2. The third-order valence-electron chi connectivity index (χ3n) is 2.44. The summed E-state index contributed by atoms with van der Waals surface area (Å²) in [6.07, 6.45) is 1.02. The van der Waals surface area contributed by atoms with Crippen LogP contribution in [0.25, 0.3) is 10.9 Å². The van der Waals surface area contributed by atoms with E-state index in [1.165, 1.54) is 16.7 Å². The Morgan fingerprint density at radius 2 is 2.06 bits per heavy atom. The molecule has 1 aromatic carbocycles. The van der Waals surface area contributed by atoms with E-state index in [1.807, 2.05) is 0 Å². The van der Waals surface area contributed by atoms with Crippen LogP contribution in [0.3, 0.4) is 0 Å². The molecule has 3 nitrogen and oxygen atoms in total. The number of nitrogens with zero attached hydrogens (tertiary/aromatic N) is 1. The van der Waals surface area contributed by atoms with E-state index in [0.717, 1.165) is 5.39 Å². The molecule has 1 heterocycles. The summed E-state index contributed by atoms with van der Waals surface area (Å²) in [6.45, 7) is 9.17. The summed E-state index contributed by atoms with van der Waals surface area (Å²) in [7, 11) is 0. The fraction of sp³-hybridized carbons (Fsp3) is 0.286. The van der Waals surface area contributed by atoms with E-state index in [0.29, 0.717) is 11.1 Å². The molecule has 0 amide bonds. The summed E-state index contributed by atoms with van der Waals surface area (Å²) in [5, 5.41) is 0.738. The number of hydrogen-bond acceptors (Lipinski definition) is 2. The predicted octanol–water partition coefficient (Wildman–Crippen LogP) is 3.75. The Labute approximate surface area is 105 Å². The zero-order chi connectivity index (χ0) is 13.5. The molecule has 0 fully saturated rings. The largest absolute Gasteiger partial charge is 0.443 e. The summed E-state index contributed by atoms with van der Waals surface area (Å²) in [6, 6.07) is 4.25. The highest BCUT2D eigenvalue weighted by Crippen LogP contribution is 2.23. The van der Waals surface area contributed by atoms with Crippen LogP contribution in [-0.2, 0) is 4.74 Å². The first-order chi connectivity index (χ1) is 8.28. The second-order valence-electron chi connectivity index (χ2n) is 5.17. The topological polar surface area (TPSA) is 31.2 Å². The highest BCUT2D eigenvalue weighted by atomic mass is 19.1. The Morgan fingerprint density at radius 1 is 1.39 bits per heavy atom. The van der Waals surface area contributed by atoms with Crippen molar-refractivity contribution in [1.82, 2.24) is 4.57 Å². The Hall–Kier alpha value is -1.84. The summed E-state index contributed by atoms with van der Waals surface area (Å²) >= 11 is 0. The van der Waals surface area contributed by atoms with Gasteiger partial charge in [-0.1, -0.05) is 0 Å². The van der Waals surface area contributed by atoms with Crippen molar-refractivity contribution in [3.8, 4) is 0 Å². The molecule has 1 aromatic heterocycles. The molecule has 95 valence electrons. The number of fused-ring (bicyclic) bond motifs is 1. The molecule has 0 aliphatic heterocycles. The number of benzene rings is 1. The van der Waals surface area contributed by atoms with Gasteiger partial charge in [0.1, 0.15) is 11.4 Å². The van der Waals surface area contributed by atoms with Crippen molar-refractivity contribution in [3.63, 3.8) is 0 Å². The van der Waals surface area contributed by atoms with Crippen molar-refractivity contribution in [2.24, 2.45) is 0 Å². The van der Waals surface area contributed by atoms with Gasteiger partial charge in [-0.3, -0.25) is 4.57 Å². The van der Waals surface area contributed by atoms with E-state index in [-0.39, 0.29) is 0 Å². The molecule has 2 rings (SSSR count). The van der Waals surface area contributed by atoms with Gasteiger partial charge in [-0.05, 0) is 51.5 Å². The van der Waals surface area contributed by atoms with Gasteiger partial charge in [-0.2, -0.15) is 0 Å². The number of carbonyl (C=O) groups is 1. The average Bonchev–Trinajstić information content (AvgIpc) is 2.53. The molecular formula is C14H15FNO2. The molecule has 0 atom stereocenters. The molecule has 4 heteroatoms. The van der Waals surface area contributed by atoms with Crippen molar-refractivity contribution in [1.29, 1.82) is 0 Å². The normalized spacial score (nSPS) is 11.8. The molecule has 2 aromatic rings. The standard InChI is InChI=1S/C14H15FNO2/c1-9-8-16(13(17)18-14(2,3)4)12-7-10(15)5-6-11(9)12/h5-8H,1H2,2-4H3. The summed E-state index contributed by atoms with van der Waals surface area (Å²) in [5.74, 6) is -0.398. The van der Waals surface area contributed by atoms with Gasteiger partial charge in [0.05, 0.1) is 5.52 Å². The highest BCUT2D eigenvalue weighted by Gasteiger charge is 2.20. The van der Waals surface area contributed by atoms with Crippen LogP contribution in [0.2, 0.25) is 0 Å². The minimum atomic E-state index is -0.595. The van der Waals surface area contributed by atoms with Gasteiger partial charge in [-0.25, -0.2) is 9.18 Å². The van der Waals surface area contributed by atoms with E-state index >= 15 is 0 Å². The van der Waals surface area contributed by atoms with Crippen LogP contribution in [0.15, 0.2) is 24.4 Å². The van der Waals surface area contributed by atoms with Crippen LogP contribution in [0.5, 0.6) is 0 Å². The first kappa shape index (κ1) is 12.6. The van der Waals surface area contributed by atoms with Crippen molar-refractivity contribution >= 4 is 17.0 Å². The smallest absolute Gasteiger partial charge is 0.419 e. The number of rotatable bonds is 0. The fourth-order valence-corrected chi connectivity index (χ4v) is 1.73. The predicted molar refractivity (Wildman–Crippen MR) is 68.0 cm³/mol. The minimum Gasteiger partial charge on any atom is -0.443 e. The lowest BCUT2D eigenvalue weighted by molar-refractivity contribution is 0.0544. The molecular weight excluding hydrogens is 233 g/mol. The summed E-state index contributed by atoms with van der Waals surface area (Å²) in [4.78, 5) is 12.0. The van der Waals surface area contributed by atoms with Gasteiger partial charge in [0, 0.05) is 11.6 Å². The van der Waals surface area contributed by atoms with E-state index in [2.05, 4.69) is 6.92 Å². The molecule has 0 saturated heterocycles. The van der Waals surface area contributed by atoms with Crippen molar-refractivity contribution in [2.45, 2.75) is 26.4 Å². The summed E-state index contributed by atoms with van der Waals surface area (Å²) < 4.78 is 19.8. The quantitative estimate of drug-likeness (QED) is 0.711. The first-order valence-electron chi connectivity index (χ1n) is 5.64. The summed E-state index contributed by atoms with van der Waals surface area (Å²) in [5.41, 5.74) is 0.535. The van der Waals surface area contributed by atoms with Crippen LogP contribution in [0.4, 0.5) is 9.18 Å². The SMILES string of the molecule is [CH2]c1cn(C(=O)OC(C)(C)C)c2cc(F)ccc12. The number of hydrogen-bond donors (Lipinski definition) is 0. The third kappa shape index (κ3) is 2.37. The van der Waals surface area contributed by atoms with E-state index in [1.54, 1.807) is 33.0 Å². The van der Waals surface area contributed by atoms with Crippen LogP contribution in [-0.4, -0.2) is 16.3 Å². The van der Waals surface area contributed by atoms with Crippen molar-refractivity contribution in [2.75, 3.05) is 0 Å². The Bertz CT molecular complexity index is 608.